The zero-order valence-corrected chi connectivity index (χ0v) is 11.0. The van der Waals surface area contributed by atoms with Crippen LogP contribution >= 0.6 is 0 Å². The monoisotopic (exact) mass is 245 g/mol. The summed E-state index contributed by atoms with van der Waals surface area (Å²) in [5.74, 6) is -0.128. The quantitative estimate of drug-likeness (QED) is 0.694. The Hall–Kier alpha value is -1.66. The van der Waals surface area contributed by atoms with Gasteiger partial charge >= 0.3 is 0 Å². The second-order valence-corrected chi connectivity index (χ2v) is 4.30. The van der Waals surface area contributed by atoms with Crippen molar-refractivity contribution in [3.05, 3.63) is 35.9 Å². The summed E-state index contributed by atoms with van der Waals surface area (Å²) in [5, 5.41) is 9.43. The summed E-state index contributed by atoms with van der Waals surface area (Å²) in [6.45, 7) is 4.58. The predicted molar refractivity (Wildman–Crippen MR) is 70.1 cm³/mol. The number of benzene rings is 1. The van der Waals surface area contributed by atoms with Crippen LogP contribution in [0.2, 0.25) is 0 Å². The van der Waals surface area contributed by atoms with Gasteiger partial charge in [0.25, 0.3) is 0 Å². The molecule has 0 saturated carbocycles. The summed E-state index contributed by atoms with van der Waals surface area (Å²) in [6, 6.07) is 11.4. The van der Waals surface area contributed by atoms with E-state index in [-0.39, 0.29) is 5.78 Å². The lowest BCUT2D eigenvalue weighted by atomic mass is 9.76. The van der Waals surface area contributed by atoms with Crippen molar-refractivity contribution in [2.45, 2.75) is 32.1 Å². The van der Waals surface area contributed by atoms with Crippen molar-refractivity contribution in [1.82, 2.24) is 0 Å². The lowest BCUT2D eigenvalue weighted by Gasteiger charge is -2.24. The van der Waals surface area contributed by atoms with Crippen molar-refractivity contribution in [1.29, 1.82) is 5.26 Å². The van der Waals surface area contributed by atoms with Gasteiger partial charge in [-0.3, -0.25) is 4.79 Å². The Labute approximate surface area is 108 Å². The molecule has 0 heterocycles. The second-order valence-electron chi connectivity index (χ2n) is 4.30. The van der Waals surface area contributed by atoms with Gasteiger partial charge in [-0.2, -0.15) is 5.26 Å². The third kappa shape index (κ3) is 3.18. The van der Waals surface area contributed by atoms with E-state index in [1.165, 1.54) is 6.92 Å². The van der Waals surface area contributed by atoms with Gasteiger partial charge < -0.3 is 4.74 Å². The molecule has 0 aliphatic rings. The first-order valence-corrected chi connectivity index (χ1v) is 6.23. The number of ether oxygens (including phenoxy) is 1. The molecular weight excluding hydrogens is 226 g/mol. The molecule has 1 rings (SSSR count). The minimum Gasteiger partial charge on any atom is -0.381 e. The maximum Gasteiger partial charge on any atom is 0.154 e. The van der Waals surface area contributed by atoms with Gasteiger partial charge in [0, 0.05) is 19.6 Å². The number of hydrogen-bond donors (Lipinski definition) is 0. The van der Waals surface area contributed by atoms with Gasteiger partial charge in [0.1, 0.15) is 5.41 Å². The highest BCUT2D eigenvalue weighted by Gasteiger charge is 2.37. The molecule has 1 atom stereocenters. The van der Waals surface area contributed by atoms with E-state index in [1.807, 2.05) is 37.3 Å². The average Bonchev–Trinajstić information content (AvgIpc) is 2.40. The minimum absolute atomic E-state index is 0.128. The van der Waals surface area contributed by atoms with E-state index in [9.17, 15) is 10.1 Å². The molecule has 1 unspecified atom stereocenters. The van der Waals surface area contributed by atoms with Crippen LogP contribution in [-0.4, -0.2) is 19.0 Å². The van der Waals surface area contributed by atoms with Crippen LogP contribution < -0.4 is 0 Å². The van der Waals surface area contributed by atoms with Crippen molar-refractivity contribution < 1.29 is 9.53 Å². The number of nitriles is 1. The van der Waals surface area contributed by atoms with E-state index in [2.05, 4.69) is 6.07 Å². The first kappa shape index (κ1) is 14.4. The zero-order valence-electron chi connectivity index (χ0n) is 11.0. The van der Waals surface area contributed by atoms with E-state index in [0.29, 0.717) is 19.6 Å². The van der Waals surface area contributed by atoms with Crippen LogP contribution in [0.5, 0.6) is 0 Å². The summed E-state index contributed by atoms with van der Waals surface area (Å²) in [4.78, 5) is 11.9. The van der Waals surface area contributed by atoms with Crippen LogP contribution in [0.25, 0.3) is 0 Å². The lowest BCUT2D eigenvalue weighted by molar-refractivity contribution is -0.121. The predicted octanol–water partition coefficient (Wildman–Crippen LogP) is 2.85. The Morgan fingerprint density at radius 1 is 1.33 bits per heavy atom. The van der Waals surface area contributed by atoms with Crippen molar-refractivity contribution >= 4 is 5.78 Å². The van der Waals surface area contributed by atoms with Crippen LogP contribution in [0.3, 0.4) is 0 Å². The van der Waals surface area contributed by atoms with Gasteiger partial charge in [-0.15, -0.1) is 0 Å². The minimum atomic E-state index is -1.07. The fourth-order valence-corrected chi connectivity index (χ4v) is 1.92. The molecule has 0 aromatic heterocycles. The highest BCUT2D eigenvalue weighted by molar-refractivity contribution is 5.91. The van der Waals surface area contributed by atoms with Gasteiger partial charge in [0.2, 0.25) is 0 Å². The van der Waals surface area contributed by atoms with Gasteiger partial charge in [-0.05, 0) is 18.9 Å². The summed E-state index contributed by atoms with van der Waals surface area (Å²) in [5.41, 5.74) is -0.324. The molecule has 0 saturated heterocycles. The SMILES string of the molecule is CCCOCCC(C#N)(C(C)=O)c1ccccc1. The van der Waals surface area contributed by atoms with E-state index >= 15 is 0 Å². The van der Waals surface area contributed by atoms with Crippen LogP contribution in [-0.2, 0) is 14.9 Å². The van der Waals surface area contributed by atoms with Crippen molar-refractivity contribution in [2.75, 3.05) is 13.2 Å². The van der Waals surface area contributed by atoms with E-state index in [0.717, 1.165) is 12.0 Å². The Balaban J connectivity index is 2.90. The fourth-order valence-electron chi connectivity index (χ4n) is 1.92. The molecule has 1 aromatic carbocycles. The molecule has 0 aliphatic heterocycles. The molecule has 0 aliphatic carbocycles. The van der Waals surface area contributed by atoms with Gasteiger partial charge in [0.05, 0.1) is 6.07 Å². The number of ketones is 1. The molecule has 0 amide bonds. The second kappa shape index (κ2) is 6.93. The van der Waals surface area contributed by atoms with E-state index in [4.69, 9.17) is 4.74 Å². The zero-order chi connectivity index (χ0) is 13.4. The van der Waals surface area contributed by atoms with Crippen molar-refractivity contribution in [3.63, 3.8) is 0 Å². The van der Waals surface area contributed by atoms with E-state index < -0.39 is 5.41 Å². The Kier molecular flexibility index (Phi) is 5.54. The van der Waals surface area contributed by atoms with E-state index in [1.54, 1.807) is 0 Å². The summed E-state index contributed by atoms with van der Waals surface area (Å²) in [6.07, 6.45) is 1.34. The smallest absolute Gasteiger partial charge is 0.154 e. The number of Topliss-reactive ketones (excluding diaryl/α,β-unsaturated/α-hetero) is 1. The maximum absolute atomic E-state index is 11.9. The molecular formula is C15H19NO2. The van der Waals surface area contributed by atoms with Crippen LogP contribution in [0.1, 0.15) is 32.3 Å². The number of rotatable bonds is 7. The first-order valence-electron chi connectivity index (χ1n) is 6.23. The summed E-state index contributed by atoms with van der Waals surface area (Å²) < 4.78 is 5.41. The number of nitrogens with zero attached hydrogens (tertiary/aromatic N) is 1. The molecule has 0 bridgehead atoms. The Bertz CT molecular complexity index is 422. The number of hydrogen-bond acceptors (Lipinski definition) is 3. The van der Waals surface area contributed by atoms with Crippen LogP contribution in [0, 0.1) is 11.3 Å². The molecule has 3 heteroatoms. The molecule has 96 valence electrons. The normalized spacial score (nSPS) is 13.6. The molecule has 1 aromatic rings. The highest BCUT2D eigenvalue weighted by atomic mass is 16.5. The number of carbonyl (C=O) groups is 1. The Morgan fingerprint density at radius 3 is 2.50 bits per heavy atom. The van der Waals surface area contributed by atoms with Crippen LogP contribution in [0.15, 0.2) is 30.3 Å². The summed E-state index contributed by atoms with van der Waals surface area (Å²) >= 11 is 0. The molecule has 0 spiro atoms. The summed E-state index contributed by atoms with van der Waals surface area (Å²) in [7, 11) is 0. The Morgan fingerprint density at radius 2 is 2.00 bits per heavy atom. The first-order chi connectivity index (χ1) is 8.67. The molecule has 0 fully saturated rings. The number of carbonyl (C=O) groups excluding carboxylic acids is 1. The van der Waals surface area contributed by atoms with Gasteiger partial charge in [-0.25, -0.2) is 0 Å². The standard InChI is InChI=1S/C15H19NO2/c1-3-10-18-11-9-15(12-16,13(2)17)14-7-5-4-6-8-14/h4-8H,3,9-11H2,1-2H3. The molecule has 3 nitrogen and oxygen atoms in total. The highest BCUT2D eigenvalue weighted by Crippen LogP contribution is 2.28. The van der Waals surface area contributed by atoms with Gasteiger partial charge in [-0.1, -0.05) is 37.3 Å². The fraction of sp³-hybridized carbons (Fsp3) is 0.467. The van der Waals surface area contributed by atoms with Crippen molar-refractivity contribution in [3.8, 4) is 6.07 Å². The molecule has 0 radical (unpaired) electrons. The van der Waals surface area contributed by atoms with Crippen molar-refractivity contribution in [2.24, 2.45) is 0 Å². The third-order valence-corrected chi connectivity index (χ3v) is 3.03. The third-order valence-electron chi connectivity index (χ3n) is 3.03. The maximum atomic E-state index is 11.9. The molecule has 0 N–H and O–H groups in total. The van der Waals surface area contributed by atoms with Gasteiger partial charge in [0.15, 0.2) is 5.78 Å². The topological polar surface area (TPSA) is 50.1 Å². The molecule has 18 heavy (non-hydrogen) atoms. The average molecular weight is 245 g/mol. The lowest BCUT2D eigenvalue weighted by Crippen LogP contribution is -2.34. The van der Waals surface area contributed by atoms with Crippen LogP contribution in [0.4, 0.5) is 0 Å². The largest absolute Gasteiger partial charge is 0.381 e.